The molecule has 0 radical (unpaired) electrons. The SMILES string of the molecule is C=CCC[SiH](C)C1CC(CCCC)C2C=CC=CC21. The Hall–Kier alpha value is -0.563. The lowest BCUT2D eigenvalue weighted by molar-refractivity contribution is 0.383. The van der Waals surface area contributed by atoms with Crippen LogP contribution in [0, 0.1) is 17.8 Å². The summed E-state index contributed by atoms with van der Waals surface area (Å²) in [6.45, 7) is 8.81. The van der Waals surface area contributed by atoms with Crippen molar-refractivity contribution in [2.24, 2.45) is 17.8 Å². The van der Waals surface area contributed by atoms with Crippen molar-refractivity contribution in [3.05, 3.63) is 37.0 Å². The first kappa shape index (κ1) is 14.8. The second-order valence-corrected chi connectivity index (χ2v) is 9.96. The molecule has 0 aromatic rings. The predicted octanol–water partition coefficient (Wildman–Crippen LogP) is 5.36. The van der Waals surface area contributed by atoms with Crippen LogP contribution in [0.4, 0.5) is 0 Å². The summed E-state index contributed by atoms with van der Waals surface area (Å²) < 4.78 is 0. The molecule has 2 rings (SSSR count). The Morgan fingerprint density at radius 1 is 1.26 bits per heavy atom. The van der Waals surface area contributed by atoms with Gasteiger partial charge >= 0.3 is 0 Å². The fourth-order valence-electron chi connectivity index (χ4n) is 4.19. The minimum atomic E-state index is -0.595. The van der Waals surface area contributed by atoms with E-state index in [1.807, 2.05) is 0 Å². The van der Waals surface area contributed by atoms with E-state index in [9.17, 15) is 0 Å². The summed E-state index contributed by atoms with van der Waals surface area (Å²) in [7, 11) is -0.595. The van der Waals surface area contributed by atoms with E-state index in [1.54, 1.807) is 0 Å². The van der Waals surface area contributed by atoms with Crippen molar-refractivity contribution in [3.63, 3.8) is 0 Å². The molecule has 0 aromatic heterocycles. The number of hydrogen-bond donors (Lipinski definition) is 0. The van der Waals surface area contributed by atoms with Crippen molar-refractivity contribution in [2.45, 2.75) is 57.2 Å². The Balaban J connectivity index is 2.02. The number of hydrogen-bond acceptors (Lipinski definition) is 0. The zero-order chi connectivity index (χ0) is 13.7. The molecule has 2 aliphatic rings. The van der Waals surface area contributed by atoms with Gasteiger partial charge in [0, 0.05) is 8.80 Å². The molecule has 0 spiro atoms. The lowest BCUT2D eigenvalue weighted by atomic mass is 9.84. The molecule has 0 bridgehead atoms. The molecule has 0 aliphatic heterocycles. The van der Waals surface area contributed by atoms with Crippen molar-refractivity contribution in [3.8, 4) is 0 Å². The molecule has 5 unspecified atom stereocenters. The number of allylic oxidation sites excluding steroid dienone is 5. The average molecular weight is 275 g/mol. The van der Waals surface area contributed by atoms with E-state index < -0.39 is 8.80 Å². The van der Waals surface area contributed by atoms with Crippen LogP contribution in [-0.4, -0.2) is 8.80 Å². The smallest absolute Gasteiger partial charge is 0.0378 e. The monoisotopic (exact) mass is 274 g/mol. The highest BCUT2D eigenvalue weighted by molar-refractivity contribution is 6.59. The fraction of sp³-hybridized carbons (Fsp3) is 0.667. The maximum Gasteiger partial charge on any atom is 0.0378 e. The van der Waals surface area contributed by atoms with Gasteiger partial charge in [0.05, 0.1) is 0 Å². The van der Waals surface area contributed by atoms with Crippen LogP contribution in [0.2, 0.25) is 18.1 Å². The van der Waals surface area contributed by atoms with Crippen molar-refractivity contribution in [1.29, 1.82) is 0 Å². The summed E-state index contributed by atoms with van der Waals surface area (Å²) in [5.41, 5.74) is 1.04. The zero-order valence-electron chi connectivity index (χ0n) is 12.7. The van der Waals surface area contributed by atoms with Crippen LogP contribution < -0.4 is 0 Å². The Morgan fingerprint density at radius 3 is 2.68 bits per heavy atom. The first-order valence-electron chi connectivity index (χ1n) is 8.23. The standard InChI is InChI=1S/C18H30Si/c1-4-6-10-15-14-18(19(3)13-7-5-2)17-12-9-8-11-16(15)17/h5,8-9,11-12,15-19H,2,4,6-7,10,13-14H2,1,3H3. The summed E-state index contributed by atoms with van der Waals surface area (Å²) >= 11 is 0. The normalized spacial score (nSPS) is 34.2. The Kier molecular flexibility index (Phi) is 5.69. The summed E-state index contributed by atoms with van der Waals surface area (Å²) in [5, 5.41) is 0. The largest absolute Gasteiger partial charge is 0.103 e. The van der Waals surface area contributed by atoms with Gasteiger partial charge in [0.2, 0.25) is 0 Å². The molecule has 0 amide bonds. The lowest BCUT2D eigenvalue weighted by Crippen LogP contribution is -2.22. The van der Waals surface area contributed by atoms with Crippen LogP contribution in [0.3, 0.4) is 0 Å². The van der Waals surface area contributed by atoms with E-state index in [-0.39, 0.29) is 0 Å². The Labute approximate surface area is 121 Å². The van der Waals surface area contributed by atoms with Crippen LogP contribution >= 0.6 is 0 Å². The van der Waals surface area contributed by atoms with Crippen LogP contribution in [0.15, 0.2) is 37.0 Å². The quantitative estimate of drug-likeness (QED) is 0.433. The molecule has 19 heavy (non-hydrogen) atoms. The molecule has 2 aliphatic carbocycles. The third-order valence-electron chi connectivity index (χ3n) is 5.32. The molecular formula is C18H30Si. The topological polar surface area (TPSA) is 0 Å². The third-order valence-corrected chi connectivity index (χ3v) is 8.74. The van der Waals surface area contributed by atoms with Gasteiger partial charge < -0.3 is 0 Å². The number of unbranched alkanes of at least 4 members (excludes halogenated alkanes) is 1. The van der Waals surface area contributed by atoms with Crippen LogP contribution in [0.5, 0.6) is 0 Å². The number of rotatable bonds is 7. The van der Waals surface area contributed by atoms with E-state index in [1.165, 1.54) is 38.1 Å². The molecule has 5 atom stereocenters. The van der Waals surface area contributed by atoms with E-state index in [0.717, 1.165) is 23.3 Å². The molecule has 1 heteroatoms. The summed E-state index contributed by atoms with van der Waals surface area (Å²) in [4.78, 5) is 0. The molecule has 106 valence electrons. The highest BCUT2D eigenvalue weighted by Crippen LogP contribution is 2.51. The van der Waals surface area contributed by atoms with Gasteiger partial charge in [0.25, 0.3) is 0 Å². The molecule has 0 saturated heterocycles. The van der Waals surface area contributed by atoms with Crippen LogP contribution in [0.25, 0.3) is 0 Å². The predicted molar refractivity (Wildman–Crippen MR) is 89.3 cm³/mol. The van der Waals surface area contributed by atoms with E-state index in [2.05, 4.69) is 50.4 Å². The van der Waals surface area contributed by atoms with Gasteiger partial charge in [-0.05, 0) is 42.6 Å². The second kappa shape index (κ2) is 7.28. The Bertz CT molecular complexity index is 342. The van der Waals surface area contributed by atoms with Gasteiger partial charge in [0.1, 0.15) is 0 Å². The Morgan fingerprint density at radius 2 is 2.00 bits per heavy atom. The summed E-state index contributed by atoms with van der Waals surface area (Å²) in [6.07, 6.45) is 18.7. The fourth-order valence-corrected chi connectivity index (χ4v) is 7.34. The van der Waals surface area contributed by atoms with E-state index in [0.29, 0.717) is 0 Å². The third kappa shape index (κ3) is 3.50. The highest BCUT2D eigenvalue weighted by Gasteiger charge is 2.42. The van der Waals surface area contributed by atoms with Gasteiger partial charge in [0.15, 0.2) is 0 Å². The molecule has 1 fully saturated rings. The van der Waals surface area contributed by atoms with Crippen molar-refractivity contribution in [1.82, 2.24) is 0 Å². The van der Waals surface area contributed by atoms with Gasteiger partial charge in [-0.25, -0.2) is 0 Å². The number of fused-ring (bicyclic) bond motifs is 1. The first-order chi connectivity index (χ1) is 9.27. The molecule has 0 N–H and O–H groups in total. The molecule has 0 heterocycles. The first-order valence-corrected chi connectivity index (χ1v) is 10.9. The van der Waals surface area contributed by atoms with Crippen LogP contribution in [0.1, 0.15) is 39.0 Å². The van der Waals surface area contributed by atoms with Crippen molar-refractivity contribution in [2.75, 3.05) is 0 Å². The van der Waals surface area contributed by atoms with E-state index in [4.69, 9.17) is 0 Å². The molecule has 1 saturated carbocycles. The maximum absolute atomic E-state index is 3.89. The summed E-state index contributed by atoms with van der Waals surface area (Å²) in [6, 6.07) is 1.45. The van der Waals surface area contributed by atoms with Gasteiger partial charge in [-0.1, -0.05) is 62.7 Å². The molecule has 0 aromatic carbocycles. The second-order valence-electron chi connectivity index (χ2n) is 6.57. The highest BCUT2D eigenvalue weighted by atomic mass is 28.3. The van der Waals surface area contributed by atoms with Crippen molar-refractivity contribution >= 4 is 8.80 Å². The zero-order valence-corrected chi connectivity index (χ0v) is 13.9. The molecular weight excluding hydrogens is 244 g/mol. The minimum Gasteiger partial charge on any atom is -0.103 e. The van der Waals surface area contributed by atoms with Gasteiger partial charge in [-0.2, -0.15) is 0 Å². The average Bonchev–Trinajstić information content (AvgIpc) is 2.81. The van der Waals surface area contributed by atoms with E-state index >= 15 is 0 Å². The minimum absolute atomic E-state index is 0.595. The maximum atomic E-state index is 3.89. The van der Waals surface area contributed by atoms with Gasteiger partial charge in [-0.3, -0.25) is 0 Å². The van der Waals surface area contributed by atoms with Gasteiger partial charge in [-0.15, -0.1) is 6.58 Å². The van der Waals surface area contributed by atoms with Crippen molar-refractivity contribution < 1.29 is 0 Å². The van der Waals surface area contributed by atoms with Crippen LogP contribution in [-0.2, 0) is 0 Å². The molecule has 0 nitrogen and oxygen atoms in total. The lowest BCUT2D eigenvalue weighted by Gasteiger charge is -2.26. The summed E-state index contributed by atoms with van der Waals surface area (Å²) in [5.74, 6) is 2.70.